The third-order valence-corrected chi connectivity index (χ3v) is 6.44. The van der Waals surface area contributed by atoms with E-state index in [1.165, 1.54) is 16.4 Å². The van der Waals surface area contributed by atoms with Gasteiger partial charge in [0.25, 0.3) is 11.8 Å². The van der Waals surface area contributed by atoms with E-state index in [9.17, 15) is 18.0 Å². The van der Waals surface area contributed by atoms with Crippen LogP contribution in [0.4, 0.5) is 5.69 Å². The number of nitrogens with zero attached hydrogens (tertiary/aromatic N) is 3. The van der Waals surface area contributed by atoms with Gasteiger partial charge in [0.1, 0.15) is 5.70 Å². The van der Waals surface area contributed by atoms with Crippen LogP contribution in [0.2, 0.25) is 0 Å². The number of aliphatic hydroxyl groups is 1. The predicted molar refractivity (Wildman–Crippen MR) is 98.2 cm³/mol. The first kappa shape index (κ1) is 19.5. The molecule has 9 nitrogen and oxygen atoms in total. The maximum absolute atomic E-state index is 12.8. The Hall–Kier alpha value is -2.27. The molecule has 1 fully saturated rings. The van der Waals surface area contributed by atoms with Gasteiger partial charge in [0.05, 0.1) is 18.0 Å². The zero-order valence-electron chi connectivity index (χ0n) is 15.0. The van der Waals surface area contributed by atoms with Gasteiger partial charge in [-0.05, 0) is 25.2 Å². The average Bonchev–Trinajstić information content (AvgIpc) is 2.90. The molecule has 2 amide bonds. The van der Waals surface area contributed by atoms with Crippen LogP contribution in [-0.4, -0.2) is 85.8 Å². The Bertz CT molecular complexity index is 875. The van der Waals surface area contributed by atoms with Gasteiger partial charge in [0.2, 0.25) is 10.0 Å². The Morgan fingerprint density at radius 3 is 2.52 bits per heavy atom. The van der Waals surface area contributed by atoms with E-state index in [-0.39, 0.29) is 23.7 Å². The number of nitrogens with one attached hydrogen (secondary N) is 1. The number of carbonyl (C=O) groups excluding carboxylic acids is 2. The Balaban J connectivity index is 1.77. The van der Waals surface area contributed by atoms with E-state index >= 15 is 0 Å². The molecule has 2 N–H and O–H groups in total. The molecule has 1 aromatic rings. The maximum atomic E-state index is 12.8. The van der Waals surface area contributed by atoms with Crippen LogP contribution in [0.15, 0.2) is 40.9 Å². The zero-order chi connectivity index (χ0) is 19.6. The van der Waals surface area contributed by atoms with Crippen molar-refractivity contribution in [3.05, 3.63) is 36.0 Å². The highest BCUT2D eigenvalue weighted by Crippen LogP contribution is 2.23. The Morgan fingerprint density at radius 2 is 1.85 bits per heavy atom. The summed E-state index contributed by atoms with van der Waals surface area (Å²) >= 11 is 0. The van der Waals surface area contributed by atoms with Crippen molar-refractivity contribution < 1.29 is 23.1 Å². The van der Waals surface area contributed by atoms with Gasteiger partial charge in [-0.3, -0.25) is 14.5 Å². The summed E-state index contributed by atoms with van der Waals surface area (Å²) in [6, 6.07) is 6.16. The number of sulfonamides is 1. The van der Waals surface area contributed by atoms with Gasteiger partial charge < -0.3 is 15.3 Å². The van der Waals surface area contributed by atoms with Gasteiger partial charge >= 0.3 is 0 Å². The summed E-state index contributed by atoms with van der Waals surface area (Å²) in [5.74, 6) is -1.07. The summed E-state index contributed by atoms with van der Waals surface area (Å²) in [6.45, 7) is 1.77. The smallest absolute Gasteiger partial charge is 0.277 e. The Kier molecular flexibility index (Phi) is 5.61. The third-order valence-electron chi connectivity index (χ3n) is 4.55. The molecule has 3 rings (SSSR count). The quantitative estimate of drug-likeness (QED) is 0.613. The van der Waals surface area contributed by atoms with E-state index in [0.717, 1.165) is 11.0 Å². The number of aliphatic hydroxyl groups excluding tert-OH is 1. The number of likely N-dealkylation sites (N-methyl/N-ethyl adjacent to an activating group) is 1. The lowest BCUT2D eigenvalue weighted by Crippen LogP contribution is -2.47. The zero-order valence-corrected chi connectivity index (χ0v) is 15.8. The predicted octanol–water partition coefficient (Wildman–Crippen LogP) is -0.720. The molecule has 1 aromatic carbocycles. The van der Waals surface area contributed by atoms with E-state index in [2.05, 4.69) is 10.2 Å². The minimum absolute atomic E-state index is 0.0441. The molecular weight excluding hydrogens is 372 g/mol. The van der Waals surface area contributed by atoms with Gasteiger partial charge in [-0.25, -0.2) is 8.42 Å². The van der Waals surface area contributed by atoms with Crippen LogP contribution in [0.5, 0.6) is 0 Å². The van der Waals surface area contributed by atoms with Crippen LogP contribution in [0.25, 0.3) is 0 Å². The number of β-amino-alcohol motifs (C(OH)–C–C–N with tert-alkyl or cyclic N) is 1. The van der Waals surface area contributed by atoms with E-state index in [1.807, 2.05) is 7.05 Å². The topological polar surface area (TPSA) is 110 Å². The second-order valence-electron chi connectivity index (χ2n) is 6.44. The molecule has 0 bridgehead atoms. The van der Waals surface area contributed by atoms with Crippen LogP contribution >= 0.6 is 0 Å². The fourth-order valence-corrected chi connectivity index (χ4v) is 4.45. The van der Waals surface area contributed by atoms with Crippen molar-refractivity contribution in [3.63, 3.8) is 0 Å². The minimum atomic E-state index is -3.63. The van der Waals surface area contributed by atoms with Crippen LogP contribution in [0, 0.1) is 0 Å². The molecule has 2 aliphatic rings. The fraction of sp³-hybridized carbons (Fsp3) is 0.412. The van der Waals surface area contributed by atoms with Crippen LogP contribution in [-0.2, 0) is 19.6 Å². The summed E-state index contributed by atoms with van der Waals surface area (Å²) in [7, 11) is -1.69. The first-order valence-corrected chi connectivity index (χ1v) is 10.0. The molecule has 0 unspecified atom stereocenters. The van der Waals surface area contributed by atoms with Gasteiger partial charge in [-0.1, -0.05) is 6.07 Å². The first-order valence-electron chi connectivity index (χ1n) is 8.57. The Morgan fingerprint density at radius 1 is 1.15 bits per heavy atom. The SMILES string of the molecule is CN1CCN(S(=O)(=O)c2cccc(NC3=CC(=O)N(CCO)C3=O)c2)CC1. The number of hydrogen-bond donors (Lipinski definition) is 2. The van der Waals surface area contributed by atoms with Crippen LogP contribution < -0.4 is 5.32 Å². The van der Waals surface area contributed by atoms with Gasteiger partial charge in [0, 0.05) is 37.9 Å². The summed E-state index contributed by atoms with van der Waals surface area (Å²) in [5.41, 5.74) is 0.436. The highest BCUT2D eigenvalue weighted by atomic mass is 32.2. The van der Waals surface area contributed by atoms with E-state index in [4.69, 9.17) is 5.11 Å². The molecule has 2 heterocycles. The molecule has 10 heteroatoms. The van der Waals surface area contributed by atoms with E-state index < -0.39 is 21.8 Å². The molecule has 0 atom stereocenters. The van der Waals surface area contributed by atoms with Crippen molar-refractivity contribution in [2.24, 2.45) is 0 Å². The van der Waals surface area contributed by atoms with Crippen molar-refractivity contribution in [1.82, 2.24) is 14.1 Å². The van der Waals surface area contributed by atoms with Crippen molar-refractivity contribution in [2.75, 3.05) is 51.7 Å². The number of amides is 2. The number of imide groups is 1. The number of hydrogen-bond acceptors (Lipinski definition) is 7. The summed E-state index contributed by atoms with van der Waals surface area (Å²) in [4.78, 5) is 27.1. The molecule has 0 aromatic heterocycles. The third kappa shape index (κ3) is 4.03. The number of rotatable bonds is 6. The molecule has 0 radical (unpaired) electrons. The largest absolute Gasteiger partial charge is 0.395 e. The van der Waals surface area contributed by atoms with Gasteiger partial charge in [-0.2, -0.15) is 4.31 Å². The second kappa shape index (κ2) is 7.77. The molecule has 1 saturated heterocycles. The molecule has 27 heavy (non-hydrogen) atoms. The van der Waals surface area contributed by atoms with Gasteiger partial charge in [-0.15, -0.1) is 0 Å². The molecule has 0 aliphatic carbocycles. The normalized spacial score (nSPS) is 19.5. The average molecular weight is 394 g/mol. The van der Waals surface area contributed by atoms with Crippen molar-refractivity contribution in [1.29, 1.82) is 0 Å². The van der Waals surface area contributed by atoms with Gasteiger partial charge in [0.15, 0.2) is 0 Å². The van der Waals surface area contributed by atoms with E-state index in [1.54, 1.807) is 12.1 Å². The lowest BCUT2D eigenvalue weighted by Gasteiger charge is -2.31. The summed E-state index contributed by atoms with van der Waals surface area (Å²) in [5, 5.41) is 11.7. The molecule has 2 aliphatic heterocycles. The number of anilines is 1. The monoisotopic (exact) mass is 394 g/mol. The van der Waals surface area contributed by atoms with Crippen molar-refractivity contribution >= 4 is 27.5 Å². The fourth-order valence-electron chi connectivity index (χ4n) is 2.98. The highest BCUT2D eigenvalue weighted by molar-refractivity contribution is 7.89. The molecule has 0 saturated carbocycles. The number of piperazine rings is 1. The lowest BCUT2D eigenvalue weighted by atomic mass is 10.3. The highest BCUT2D eigenvalue weighted by Gasteiger charge is 2.31. The standard InChI is InChI=1S/C17H22N4O5S/c1-19-5-7-20(8-6-19)27(25,26)14-4-2-3-13(11-14)18-15-12-16(23)21(9-10-22)17(15)24/h2-4,11-12,18,22H,5-10H2,1H3. The molecular formula is C17H22N4O5S. The van der Waals surface area contributed by atoms with Crippen molar-refractivity contribution in [3.8, 4) is 0 Å². The number of benzene rings is 1. The van der Waals surface area contributed by atoms with Crippen LogP contribution in [0.1, 0.15) is 0 Å². The second-order valence-corrected chi connectivity index (χ2v) is 8.37. The summed E-state index contributed by atoms with van der Waals surface area (Å²) in [6.07, 6.45) is 1.14. The lowest BCUT2D eigenvalue weighted by molar-refractivity contribution is -0.137. The number of carbonyl (C=O) groups is 2. The Labute approximate surface area is 157 Å². The minimum Gasteiger partial charge on any atom is -0.395 e. The first-order chi connectivity index (χ1) is 12.8. The van der Waals surface area contributed by atoms with E-state index in [0.29, 0.717) is 31.9 Å². The molecule has 0 spiro atoms. The maximum Gasteiger partial charge on any atom is 0.277 e. The van der Waals surface area contributed by atoms with Crippen molar-refractivity contribution in [2.45, 2.75) is 4.90 Å². The summed E-state index contributed by atoms with van der Waals surface area (Å²) < 4.78 is 27.1. The molecule has 146 valence electrons. The van der Waals surface area contributed by atoms with Crippen LogP contribution in [0.3, 0.4) is 0 Å².